The van der Waals surface area contributed by atoms with E-state index in [0.717, 1.165) is 0 Å². The molecule has 0 spiro atoms. The van der Waals surface area contributed by atoms with Gasteiger partial charge in [0.2, 0.25) is 0 Å². The van der Waals surface area contributed by atoms with E-state index in [0.29, 0.717) is 35.2 Å². The molecule has 0 amide bonds. The van der Waals surface area contributed by atoms with Crippen molar-refractivity contribution in [2.45, 2.75) is 190 Å². The monoisotopic (exact) mass is 596 g/mol. The fraction of sp³-hybridized carbons (Fsp3) is 0.714. The maximum Gasteiger partial charge on any atom is 0.122 e. The minimum absolute atomic E-state index is 0.0146. The van der Waals surface area contributed by atoms with Crippen LogP contribution < -0.4 is 0 Å². The van der Waals surface area contributed by atoms with Crippen molar-refractivity contribution in [1.82, 2.24) is 0 Å². The van der Waals surface area contributed by atoms with Crippen molar-refractivity contribution in [1.29, 1.82) is 0 Å². The van der Waals surface area contributed by atoms with Crippen LogP contribution in [-0.4, -0.2) is 10.2 Å². The molecular weight excluding hydrogens is 536 g/mol. The molecule has 2 aromatic rings. The van der Waals surface area contributed by atoms with Gasteiger partial charge in [-0.2, -0.15) is 0 Å². The van der Waals surface area contributed by atoms with Crippen molar-refractivity contribution in [3.05, 3.63) is 57.6 Å². The predicted octanol–water partition coefficient (Wildman–Crippen LogP) is 12.5. The molecule has 0 heterocycles. The van der Waals surface area contributed by atoms with Crippen LogP contribution in [0.4, 0.5) is 0 Å². The van der Waals surface area contributed by atoms with Gasteiger partial charge in [0, 0.05) is 5.41 Å². The maximum absolute atomic E-state index is 12.0. The molecule has 5 aliphatic carbocycles. The van der Waals surface area contributed by atoms with Crippen LogP contribution in [0.1, 0.15) is 218 Å². The lowest BCUT2D eigenvalue weighted by Gasteiger charge is -2.41. The Hall–Kier alpha value is -1.96. The minimum Gasteiger partial charge on any atom is -0.507 e. The highest BCUT2D eigenvalue weighted by Crippen LogP contribution is 2.53. The normalized spacial score (nSPS) is 24.8. The number of aromatic hydroxyl groups is 2. The van der Waals surface area contributed by atoms with Crippen LogP contribution in [0.5, 0.6) is 11.5 Å². The second-order valence-electron chi connectivity index (χ2n) is 16.0. The number of rotatable bonds is 6. The van der Waals surface area contributed by atoms with Crippen molar-refractivity contribution >= 4 is 0 Å². The highest BCUT2D eigenvalue weighted by molar-refractivity contribution is 5.56. The third kappa shape index (κ3) is 6.10. The maximum atomic E-state index is 12.0. The Balaban J connectivity index is 1.40. The first-order valence-electron chi connectivity index (χ1n) is 19.4. The van der Waals surface area contributed by atoms with E-state index in [9.17, 15) is 10.2 Å². The lowest BCUT2D eigenvalue weighted by atomic mass is 9.62. The Bertz CT molecular complexity index is 1080. The second kappa shape index (κ2) is 13.8. The fourth-order valence-corrected chi connectivity index (χ4v) is 10.7. The minimum atomic E-state index is -0.0146. The van der Waals surface area contributed by atoms with Gasteiger partial charge in [0.25, 0.3) is 0 Å². The molecule has 2 aromatic carbocycles. The highest BCUT2D eigenvalue weighted by Gasteiger charge is 2.40. The Morgan fingerprint density at radius 3 is 0.886 bits per heavy atom. The molecule has 2 nitrogen and oxygen atoms in total. The van der Waals surface area contributed by atoms with E-state index in [2.05, 4.69) is 24.3 Å². The zero-order chi connectivity index (χ0) is 29.9. The SMILES string of the molecule is Oc1c(C2CCCCC2)cc(C2(c3cc(C4CCCCC4)c(O)c(C4CCCCC4)c3)CCCCC2)cc1C1CCCCC1. The van der Waals surface area contributed by atoms with Crippen LogP contribution in [0, 0.1) is 0 Å². The average Bonchev–Trinajstić information content (AvgIpc) is 3.10. The number of phenolic OH excluding ortho intramolecular Hbond substituents is 2. The van der Waals surface area contributed by atoms with E-state index < -0.39 is 0 Å². The Labute approximate surface area is 268 Å². The third-order valence-electron chi connectivity index (χ3n) is 13.3. The van der Waals surface area contributed by atoms with Crippen molar-refractivity contribution in [2.24, 2.45) is 0 Å². The molecule has 7 rings (SSSR count). The molecule has 0 radical (unpaired) electrons. The Morgan fingerprint density at radius 2 is 0.614 bits per heavy atom. The molecule has 0 aromatic heterocycles. The molecular formula is C42H60O2. The first-order valence-corrected chi connectivity index (χ1v) is 19.4. The molecule has 0 atom stereocenters. The number of hydrogen-bond acceptors (Lipinski definition) is 2. The van der Waals surface area contributed by atoms with E-state index in [-0.39, 0.29) is 5.41 Å². The van der Waals surface area contributed by atoms with E-state index in [1.807, 2.05) is 0 Å². The summed E-state index contributed by atoms with van der Waals surface area (Å²) in [5, 5.41) is 24.0. The largest absolute Gasteiger partial charge is 0.507 e. The molecule has 5 fully saturated rings. The van der Waals surface area contributed by atoms with Crippen LogP contribution in [-0.2, 0) is 5.41 Å². The lowest BCUT2D eigenvalue weighted by molar-refractivity contribution is 0.338. The summed E-state index contributed by atoms with van der Waals surface area (Å²) >= 11 is 0. The number of phenols is 2. The number of hydrogen-bond donors (Lipinski definition) is 2. The van der Waals surface area contributed by atoms with Gasteiger partial charge >= 0.3 is 0 Å². The first-order chi connectivity index (χ1) is 21.6. The summed E-state index contributed by atoms with van der Waals surface area (Å²) < 4.78 is 0. The molecule has 2 N–H and O–H groups in total. The number of benzene rings is 2. The summed E-state index contributed by atoms with van der Waals surface area (Å²) in [5.74, 6) is 3.33. The molecule has 5 saturated carbocycles. The van der Waals surface area contributed by atoms with Crippen molar-refractivity contribution in [2.75, 3.05) is 0 Å². The van der Waals surface area contributed by atoms with Crippen LogP contribution >= 0.6 is 0 Å². The highest BCUT2D eigenvalue weighted by atomic mass is 16.3. The van der Waals surface area contributed by atoms with Gasteiger partial charge in [-0.3, -0.25) is 0 Å². The van der Waals surface area contributed by atoms with E-state index in [4.69, 9.17) is 0 Å². The van der Waals surface area contributed by atoms with Gasteiger partial charge in [0.15, 0.2) is 0 Å². The van der Waals surface area contributed by atoms with Crippen molar-refractivity contribution in [3.63, 3.8) is 0 Å². The summed E-state index contributed by atoms with van der Waals surface area (Å²) in [6.45, 7) is 0. The van der Waals surface area contributed by atoms with Gasteiger partial charge in [-0.25, -0.2) is 0 Å². The van der Waals surface area contributed by atoms with Gasteiger partial charge in [0.1, 0.15) is 11.5 Å². The van der Waals surface area contributed by atoms with Gasteiger partial charge in [-0.1, -0.05) is 121 Å². The summed E-state index contributed by atoms with van der Waals surface area (Å²) in [6, 6.07) is 10.1. The van der Waals surface area contributed by atoms with Gasteiger partial charge in [-0.05, 0) is 121 Å². The van der Waals surface area contributed by atoms with Crippen molar-refractivity contribution in [3.8, 4) is 11.5 Å². The molecule has 5 aliphatic rings. The fourth-order valence-electron chi connectivity index (χ4n) is 10.7. The molecule has 0 unspecified atom stereocenters. The summed E-state index contributed by atoms with van der Waals surface area (Å²) in [5.41, 5.74) is 8.13. The van der Waals surface area contributed by atoms with Crippen molar-refractivity contribution < 1.29 is 10.2 Å². The summed E-state index contributed by atoms with van der Waals surface area (Å²) in [6.07, 6.45) is 31.9. The zero-order valence-corrected chi connectivity index (χ0v) is 27.7. The molecule has 44 heavy (non-hydrogen) atoms. The van der Waals surface area contributed by atoms with Crippen LogP contribution in [0.15, 0.2) is 24.3 Å². The third-order valence-corrected chi connectivity index (χ3v) is 13.3. The summed E-state index contributed by atoms with van der Waals surface area (Å²) in [7, 11) is 0. The Morgan fingerprint density at radius 1 is 0.364 bits per heavy atom. The first kappa shape index (κ1) is 30.7. The average molecular weight is 597 g/mol. The zero-order valence-electron chi connectivity index (χ0n) is 27.7. The standard InChI is InChI=1S/C42H60O2/c43-40-36(30-16-6-1-7-17-30)26-34(27-37(40)31-18-8-2-9-19-31)42(24-14-5-15-25-42)35-28-38(32-20-10-3-11-21-32)41(44)39(29-35)33-22-12-4-13-23-33/h26-33,43-44H,1-25H2. The smallest absolute Gasteiger partial charge is 0.122 e. The molecule has 0 saturated heterocycles. The summed E-state index contributed by atoms with van der Waals surface area (Å²) in [4.78, 5) is 0. The van der Waals surface area contributed by atoms with Crippen LogP contribution in [0.3, 0.4) is 0 Å². The second-order valence-corrected chi connectivity index (χ2v) is 16.0. The van der Waals surface area contributed by atoms with Gasteiger partial charge in [0.05, 0.1) is 0 Å². The molecule has 0 bridgehead atoms. The quantitative estimate of drug-likeness (QED) is 0.348. The van der Waals surface area contributed by atoms with Crippen LogP contribution in [0.25, 0.3) is 0 Å². The molecule has 0 aliphatic heterocycles. The van der Waals surface area contributed by atoms with Crippen LogP contribution in [0.2, 0.25) is 0 Å². The van der Waals surface area contributed by atoms with E-state index in [1.54, 1.807) is 0 Å². The molecule has 2 heteroatoms. The predicted molar refractivity (Wildman–Crippen MR) is 183 cm³/mol. The van der Waals surface area contributed by atoms with E-state index >= 15 is 0 Å². The molecule has 240 valence electrons. The van der Waals surface area contributed by atoms with E-state index in [1.165, 1.54) is 194 Å². The van der Waals surface area contributed by atoms with Gasteiger partial charge in [-0.15, -0.1) is 0 Å². The Kier molecular flexibility index (Phi) is 9.63. The van der Waals surface area contributed by atoms with Gasteiger partial charge < -0.3 is 10.2 Å². The topological polar surface area (TPSA) is 40.5 Å². The lowest BCUT2D eigenvalue weighted by Crippen LogP contribution is -2.32.